The fourth-order valence-electron chi connectivity index (χ4n) is 3.68. The van der Waals surface area contributed by atoms with E-state index in [0.717, 1.165) is 24.3 Å². The van der Waals surface area contributed by atoms with Crippen LogP contribution in [0.15, 0.2) is 78.9 Å². The quantitative estimate of drug-likeness (QED) is 0.650. The first kappa shape index (κ1) is 19.7. The van der Waals surface area contributed by atoms with Crippen LogP contribution in [0.5, 0.6) is 0 Å². The minimum absolute atomic E-state index is 0.00555. The third-order valence-electron chi connectivity index (χ3n) is 5.41. The molecule has 4 rings (SSSR count). The summed E-state index contributed by atoms with van der Waals surface area (Å²) in [5.41, 5.74) is 4.48. The number of benzene rings is 3. The molecule has 0 atom stereocenters. The molecule has 3 amide bonds. The van der Waals surface area contributed by atoms with E-state index in [4.69, 9.17) is 0 Å². The van der Waals surface area contributed by atoms with Gasteiger partial charge in [-0.15, -0.1) is 0 Å². The smallest absolute Gasteiger partial charge is 0.322 e. The highest BCUT2D eigenvalue weighted by Gasteiger charge is 2.27. The van der Waals surface area contributed by atoms with Crippen LogP contribution < -0.4 is 10.2 Å². The van der Waals surface area contributed by atoms with Crippen molar-refractivity contribution in [2.24, 2.45) is 0 Å². The predicted octanol–water partition coefficient (Wildman–Crippen LogP) is 5.08. The lowest BCUT2D eigenvalue weighted by Gasteiger charge is -2.36. The van der Waals surface area contributed by atoms with Crippen molar-refractivity contribution in [3.63, 3.8) is 0 Å². The standard InChI is InChI=1S/C25H25N3O2/c1-19-8-5-6-9-21(19)18-27-16-7-17-28(25(27)30)23-14-12-20(13-15-23)24(29)26-22-10-3-2-4-11-22/h2-6,8-15H,7,16-18H2,1H3,(H,26,29). The molecule has 1 heterocycles. The van der Waals surface area contributed by atoms with Crippen molar-refractivity contribution in [1.29, 1.82) is 0 Å². The van der Waals surface area contributed by atoms with Crippen LogP contribution in [0.2, 0.25) is 0 Å². The molecule has 1 aliphatic rings. The lowest BCUT2D eigenvalue weighted by molar-refractivity contribution is 0.102. The number of amides is 3. The van der Waals surface area contributed by atoms with E-state index in [9.17, 15) is 9.59 Å². The molecule has 1 saturated heterocycles. The molecule has 152 valence electrons. The van der Waals surface area contributed by atoms with Crippen molar-refractivity contribution in [2.75, 3.05) is 23.3 Å². The predicted molar refractivity (Wildman–Crippen MR) is 120 cm³/mol. The average molecular weight is 399 g/mol. The topological polar surface area (TPSA) is 52.6 Å². The second kappa shape index (κ2) is 8.82. The molecule has 0 spiro atoms. The van der Waals surface area contributed by atoms with Crippen molar-refractivity contribution in [2.45, 2.75) is 19.9 Å². The van der Waals surface area contributed by atoms with Gasteiger partial charge in [-0.05, 0) is 60.9 Å². The van der Waals surface area contributed by atoms with Crippen LogP contribution in [0, 0.1) is 6.92 Å². The van der Waals surface area contributed by atoms with Crippen LogP contribution in [0.3, 0.4) is 0 Å². The highest BCUT2D eigenvalue weighted by Crippen LogP contribution is 2.23. The van der Waals surface area contributed by atoms with Gasteiger partial charge in [0.2, 0.25) is 0 Å². The van der Waals surface area contributed by atoms with Crippen LogP contribution in [-0.4, -0.2) is 29.9 Å². The Bertz CT molecular complexity index is 1030. The molecular formula is C25H25N3O2. The van der Waals surface area contributed by atoms with Crippen LogP contribution in [0.4, 0.5) is 16.2 Å². The molecule has 0 saturated carbocycles. The number of para-hydroxylation sites is 1. The Labute approximate surface area is 176 Å². The fourth-order valence-corrected chi connectivity index (χ4v) is 3.68. The summed E-state index contributed by atoms with van der Waals surface area (Å²) in [7, 11) is 0. The summed E-state index contributed by atoms with van der Waals surface area (Å²) in [6, 6.07) is 24.7. The molecular weight excluding hydrogens is 374 g/mol. The van der Waals surface area contributed by atoms with E-state index in [1.165, 1.54) is 11.1 Å². The number of hydrogen-bond acceptors (Lipinski definition) is 2. The summed E-state index contributed by atoms with van der Waals surface area (Å²) in [4.78, 5) is 29.2. The minimum Gasteiger partial charge on any atom is -0.322 e. The van der Waals surface area contributed by atoms with Crippen molar-refractivity contribution in [3.05, 3.63) is 95.6 Å². The van der Waals surface area contributed by atoms with Crippen LogP contribution in [-0.2, 0) is 6.54 Å². The molecule has 30 heavy (non-hydrogen) atoms. The van der Waals surface area contributed by atoms with Gasteiger partial charge in [0, 0.05) is 36.6 Å². The molecule has 3 aromatic carbocycles. The second-order valence-corrected chi connectivity index (χ2v) is 7.50. The minimum atomic E-state index is -0.168. The summed E-state index contributed by atoms with van der Waals surface area (Å²) in [6.07, 6.45) is 0.911. The molecule has 5 heteroatoms. The van der Waals surface area contributed by atoms with E-state index in [0.29, 0.717) is 18.7 Å². The molecule has 0 aliphatic carbocycles. The summed E-state index contributed by atoms with van der Waals surface area (Å²) in [5.74, 6) is -0.168. The normalized spacial score (nSPS) is 14.0. The Morgan fingerprint density at radius 3 is 2.33 bits per heavy atom. The molecule has 1 aliphatic heterocycles. The van der Waals surface area contributed by atoms with Crippen molar-refractivity contribution in [3.8, 4) is 0 Å². The monoisotopic (exact) mass is 399 g/mol. The maximum atomic E-state index is 13.1. The van der Waals surface area contributed by atoms with Gasteiger partial charge in [0.25, 0.3) is 5.91 Å². The van der Waals surface area contributed by atoms with E-state index in [1.807, 2.05) is 59.5 Å². The van der Waals surface area contributed by atoms with Gasteiger partial charge in [-0.3, -0.25) is 9.69 Å². The van der Waals surface area contributed by atoms with E-state index < -0.39 is 0 Å². The van der Waals surface area contributed by atoms with Gasteiger partial charge in [-0.25, -0.2) is 4.79 Å². The Hall–Kier alpha value is -3.60. The third-order valence-corrected chi connectivity index (χ3v) is 5.41. The average Bonchev–Trinajstić information content (AvgIpc) is 2.77. The largest absolute Gasteiger partial charge is 0.324 e. The lowest BCUT2D eigenvalue weighted by atomic mass is 10.1. The first-order valence-electron chi connectivity index (χ1n) is 10.2. The van der Waals surface area contributed by atoms with Gasteiger partial charge in [0.05, 0.1) is 0 Å². The number of rotatable bonds is 5. The van der Waals surface area contributed by atoms with Crippen molar-refractivity contribution in [1.82, 2.24) is 4.90 Å². The highest BCUT2D eigenvalue weighted by atomic mass is 16.2. The molecule has 0 unspecified atom stereocenters. The molecule has 3 aromatic rings. The van der Waals surface area contributed by atoms with E-state index >= 15 is 0 Å². The highest BCUT2D eigenvalue weighted by molar-refractivity contribution is 6.04. The first-order valence-corrected chi connectivity index (χ1v) is 10.2. The summed E-state index contributed by atoms with van der Waals surface area (Å²) in [5, 5.41) is 2.88. The van der Waals surface area contributed by atoms with E-state index in [-0.39, 0.29) is 11.9 Å². The molecule has 0 bridgehead atoms. The number of nitrogens with zero attached hydrogens (tertiary/aromatic N) is 2. The van der Waals surface area contributed by atoms with Gasteiger partial charge < -0.3 is 10.2 Å². The fraction of sp³-hybridized carbons (Fsp3) is 0.200. The zero-order valence-electron chi connectivity index (χ0n) is 17.0. The number of urea groups is 1. The molecule has 0 aromatic heterocycles. The van der Waals surface area contributed by atoms with Crippen LogP contribution >= 0.6 is 0 Å². The Morgan fingerprint density at radius 1 is 0.900 bits per heavy atom. The van der Waals surface area contributed by atoms with Crippen LogP contribution in [0.25, 0.3) is 0 Å². The maximum Gasteiger partial charge on any atom is 0.324 e. The van der Waals surface area contributed by atoms with Crippen molar-refractivity contribution < 1.29 is 9.59 Å². The van der Waals surface area contributed by atoms with Gasteiger partial charge >= 0.3 is 6.03 Å². The zero-order chi connectivity index (χ0) is 20.9. The van der Waals surface area contributed by atoms with E-state index in [1.54, 1.807) is 17.0 Å². The third kappa shape index (κ3) is 4.35. The van der Waals surface area contributed by atoms with Gasteiger partial charge in [-0.1, -0.05) is 42.5 Å². The Kier molecular flexibility index (Phi) is 5.80. The lowest BCUT2D eigenvalue weighted by Crippen LogP contribution is -2.49. The Morgan fingerprint density at radius 2 is 1.60 bits per heavy atom. The summed E-state index contributed by atoms with van der Waals surface area (Å²) < 4.78 is 0. The maximum absolute atomic E-state index is 13.1. The number of nitrogens with one attached hydrogen (secondary N) is 1. The SMILES string of the molecule is Cc1ccccc1CN1CCCN(c2ccc(C(=O)Nc3ccccc3)cc2)C1=O. The molecule has 1 fully saturated rings. The Balaban J connectivity index is 1.45. The number of carbonyl (C=O) groups excluding carboxylic acids is 2. The molecule has 1 N–H and O–H groups in total. The summed E-state index contributed by atoms with van der Waals surface area (Å²) >= 11 is 0. The van der Waals surface area contributed by atoms with Gasteiger partial charge in [0.1, 0.15) is 0 Å². The second-order valence-electron chi connectivity index (χ2n) is 7.50. The number of carbonyl (C=O) groups is 2. The number of aryl methyl sites for hydroxylation is 1. The first-order chi connectivity index (χ1) is 14.6. The molecule has 0 radical (unpaired) electrons. The zero-order valence-corrected chi connectivity index (χ0v) is 17.0. The number of anilines is 2. The van der Waals surface area contributed by atoms with Crippen LogP contribution in [0.1, 0.15) is 27.9 Å². The van der Waals surface area contributed by atoms with E-state index in [2.05, 4.69) is 24.4 Å². The van der Waals surface area contributed by atoms with Gasteiger partial charge in [-0.2, -0.15) is 0 Å². The number of hydrogen-bond donors (Lipinski definition) is 1. The van der Waals surface area contributed by atoms with Crippen molar-refractivity contribution >= 4 is 23.3 Å². The molecule has 5 nitrogen and oxygen atoms in total. The summed E-state index contributed by atoms with van der Waals surface area (Å²) in [6.45, 7) is 4.11. The van der Waals surface area contributed by atoms with Gasteiger partial charge in [0.15, 0.2) is 0 Å².